The van der Waals surface area contributed by atoms with Crippen LogP contribution in [0.4, 0.5) is 5.69 Å². The van der Waals surface area contributed by atoms with Crippen molar-refractivity contribution in [1.29, 1.82) is 0 Å². The number of fused-ring (bicyclic) bond motifs is 1. The van der Waals surface area contributed by atoms with E-state index in [4.69, 9.17) is 0 Å². The fourth-order valence-electron chi connectivity index (χ4n) is 3.60. The van der Waals surface area contributed by atoms with Crippen molar-refractivity contribution in [2.24, 2.45) is 5.92 Å². The topological polar surface area (TPSA) is 15.3 Å². The molecule has 2 heteroatoms. The van der Waals surface area contributed by atoms with Crippen LogP contribution in [0.3, 0.4) is 0 Å². The maximum absolute atomic E-state index is 3.78. The third-order valence-corrected chi connectivity index (χ3v) is 4.95. The lowest BCUT2D eigenvalue weighted by molar-refractivity contribution is 0.279. The molecule has 2 atom stereocenters. The van der Waals surface area contributed by atoms with Crippen molar-refractivity contribution in [2.75, 3.05) is 18.5 Å². The van der Waals surface area contributed by atoms with Gasteiger partial charge in [-0.05, 0) is 42.4 Å². The van der Waals surface area contributed by atoms with Crippen LogP contribution in [0.25, 0.3) is 0 Å². The highest BCUT2D eigenvalue weighted by Gasteiger charge is 2.21. The van der Waals surface area contributed by atoms with E-state index in [1.54, 1.807) is 0 Å². The van der Waals surface area contributed by atoms with Crippen molar-refractivity contribution in [1.82, 2.24) is 5.32 Å². The molecule has 1 heterocycles. The maximum Gasteiger partial charge on any atom is 0.0397 e. The standard InChI is InChI=1S/C17H26N2/c1-13-5-3-4-6-16(13)18-12-14-7-8-17-15(11-14)9-10-19(17)2/h7-8,11,13,16,18H,3-6,9-10,12H2,1-2H3. The fraction of sp³-hybridized carbons (Fsp3) is 0.647. The number of anilines is 1. The minimum Gasteiger partial charge on any atom is -0.374 e. The van der Waals surface area contributed by atoms with E-state index >= 15 is 0 Å². The summed E-state index contributed by atoms with van der Waals surface area (Å²) in [7, 11) is 2.19. The number of hydrogen-bond donors (Lipinski definition) is 1. The second-order valence-electron chi connectivity index (χ2n) is 6.38. The summed E-state index contributed by atoms with van der Waals surface area (Å²) in [5.41, 5.74) is 4.40. The zero-order valence-electron chi connectivity index (χ0n) is 12.3. The van der Waals surface area contributed by atoms with Gasteiger partial charge < -0.3 is 10.2 Å². The van der Waals surface area contributed by atoms with E-state index in [0.717, 1.165) is 18.5 Å². The minimum atomic E-state index is 0.727. The van der Waals surface area contributed by atoms with Crippen molar-refractivity contribution < 1.29 is 0 Å². The summed E-state index contributed by atoms with van der Waals surface area (Å²) in [5, 5.41) is 3.78. The molecule has 1 fully saturated rings. The first-order chi connectivity index (χ1) is 9.24. The van der Waals surface area contributed by atoms with Crippen LogP contribution < -0.4 is 10.2 Å². The van der Waals surface area contributed by atoms with Gasteiger partial charge in [-0.3, -0.25) is 0 Å². The zero-order valence-corrected chi connectivity index (χ0v) is 12.3. The zero-order chi connectivity index (χ0) is 13.2. The predicted molar refractivity (Wildman–Crippen MR) is 81.7 cm³/mol. The Kier molecular flexibility index (Phi) is 3.79. The van der Waals surface area contributed by atoms with Crippen molar-refractivity contribution >= 4 is 5.69 Å². The van der Waals surface area contributed by atoms with Gasteiger partial charge in [-0.2, -0.15) is 0 Å². The Hall–Kier alpha value is -1.02. The summed E-state index contributed by atoms with van der Waals surface area (Å²) in [6.07, 6.45) is 6.78. The van der Waals surface area contributed by atoms with Crippen LogP contribution in [0.5, 0.6) is 0 Å². The maximum atomic E-state index is 3.78. The molecule has 0 saturated heterocycles. The van der Waals surface area contributed by atoms with Gasteiger partial charge >= 0.3 is 0 Å². The van der Waals surface area contributed by atoms with Crippen LogP contribution >= 0.6 is 0 Å². The molecule has 0 aromatic heterocycles. The van der Waals surface area contributed by atoms with Crippen molar-refractivity contribution in [3.8, 4) is 0 Å². The summed E-state index contributed by atoms with van der Waals surface area (Å²) >= 11 is 0. The highest BCUT2D eigenvalue weighted by atomic mass is 15.1. The Balaban J connectivity index is 1.61. The Bertz CT molecular complexity index is 441. The van der Waals surface area contributed by atoms with Crippen molar-refractivity contribution in [3.05, 3.63) is 29.3 Å². The van der Waals surface area contributed by atoms with Crippen LogP contribution in [-0.2, 0) is 13.0 Å². The van der Waals surface area contributed by atoms with Gasteiger partial charge in [-0.15, -0.1) is 0 Å². The number of nitrogens with one attached hydrogen (secondary N) is 1. The molecule has 104 valence electrons. The second kappa shape index (κ2) is 5.54. The summed E-state index contributed by atoms with van der Waals surface area (Å²) in [6.45, 7) is 4.60. The third kappa shape index (κ3) is 2.79. The van der Waals surface area contributed by atoms with Gasteiger partial charge in [0.05, 0.1) is 0 Å². The molecule has 19 heavy (non-hydrogen) atoms. The first-order valence-corrected chi connectivity index (χ1v) is 7.80. The summed E-state index contributed by atoms with van der Waals surface area (Å²) in [6, 6.07) is 7.72. The lowest BCUT2D eigenvalue weighted by Gasteiger charge is -2.29. The van der Waals surface area contributed by atoms with Crippen LogP contribution in [0.15, 0.2) is 18.2 Å². The van der Waals surface area contributed by atoms with Crippen LogP contribution in [0.1, 0.15) is 43.7 Å². The van der Waals surface area contributed by atoms with Crippen LogP contribution in [-0.4, -0.2) is 19.6 Å². The minimum absolute atomic E-state index is 0.727. The molecule has 1 saturated carbocycles. The first-order valence-electron chi connectivity index (χ1n) is 7.80. The molecular weight excluding hydrogens is 232 g/mol. The Morgan fingerprint density at radius 3 is 2.95 bits per heavy atom. The van der Waals surface area contributed by atoms with Crippen LogP contribution in [0.2, 0.25) is 0 Å². The molecular formula is C17H26N2. The summed E-state index contributed by atoms with van der Waals surface area (Å²) < 4.78 is 0. The molecule has 0 radical (unpaired) electrons. The Labute approximate surface area is 117 Å². The van der Waals surface area contributed by atoms with E-state index in [0.29, 0.717) is 0 Å². The second-order valence-corrected chi connectivity index (χ2v) is 6.38. The molecule has 1 N–H and O–H groups in total. The number of benzene rings is 1. The molecule has 2 aliphatic rings. The molecule has 0 amide bonds. The van der Waals surface area contributed by atoms with Crippen molar-refractivity contribution in [2.45, 2.75) is 51.6 Å². The molecule has 1 aromatic rings. The average molecular weight is 258 g/mol. The third-order valence-electron chi connectivity index (χ3n) is 4.95. The van der Waals surface area contributed by atoms with Gasteiger partial charge in [-0.1, -0.05) is 31.9 Å². The van der Waals surface area contributed by atoms with E-state index in [-0.39, 0.29) is 0 Å². The molecule has 0 spiro atoms. The van der Waals surface area contributed by atoms with Crippen LogP contribution in [0, 0.1) is 5.92 Å². The van der Waals surface area contributed by atoms with E-state index in [2.05, 4.69) is 42.4 Å². The highest BCUT2D eigenvalue weighted by molar-refractivity contribution is 5.58. The van der Waals surface area contributed by atoms with E-state index in [1.807, 2.05) is 0 Å². The first kappa shape index (κ1) is 13.0. The number of hydrogen-bond acceptors (Lipinski definition) is 2. The molecule has 2 unspecified atom stereocenters. The molecule has 1 aromatic carbocycles. The molecule has 1 aliphatic carbocycles. The Morgan fingerprint density at radius 2 is 2.11 bits per heavy atom. The van der Waals surface area contributed by atoms with Gasteiger partial charge in [0.25, 0.3) is 0 Å². The largest absolute Gasteiger partial charge is 0.374 e. The monoisotopic (exact) mass is 258 g/mol. The van der Waals surface area contributed by atoms with Gasteiger partial charge in [0.1, 0.15) is 0 Å². The average Bonchev–Trinajstić information content (AvgIpc) is 2.79. The van der Waals surface area contributed by atoms with E-state index in [1.165, 1.54) is 55.5 Å². The fourth-order valence-corrected chi connectivity index (χ4v) is 3.60. The van der Waals surface area contributed by atoms with Crippen molar-refractivity contribution in [3.63, 3.8) is 0 Å². The molecule has 2 nitrogen and oxygen atoms in total. The molecule has 1 aliphatic heterocycles. The highest BCUT2D eigenvalue weighted by Crippen LogP contribution is 2.28. The van der Waals surface area contributed by atoms with Gasteiger partial charge in [0, 0.05) is 31.9 Å². The molecule has 0 bridgehead atoms. The van der Waals surface area contributed by atoms with E-state index < -0.39 is 0 Å². The normalized spacial score (nSPS) is 26.5. The van der Waals surface area contributed by atoms with Gasteiger partial charge in [0.15, 0.2) is 0 Å². The number of nitrogens with zero attached hydrogens (tertiary/aromatic N) is 1. The van der Waals surface area contributed by atoms with Gasteiger partial charge in [-0.25, -0.2) is 0 Å². The quantitative estimate of drug-likeness (QED) is 0.894. The van der Waals surface area contributed by atoms with E-state index in [9.17, 15) is 0 Å². The number of likely N-dealkylation sites (N-methyl/N-ethyl adjacent to an activating group) is 1. The number of rotatable bonds is 3. The molecule has 3 rings (SSSR count). The SMILES string of the molecule is CC1CCCCC1NCc1ccc2c(c1)CCN2C. The predicted octanol–water partition coefficient (Wildman–Crippen LogP) is 3.35. The summed E-state index contributed by atoms with van der Waals surface area (Å²) in [5.74, 6) is 0.842. The lowest BCUT2D eigenvalue weighted by Crippen LogP contribution is -2.36. The smallest absolute Gasteiger partial charge is 0.0397 e. The Morgan fingerprint density at radius 1 is 1.26 bits per heavy atom. The summed E-state index contributed by atoms with van der Waals surface area (Å²) in [4.78, 5) is 2.36. The van der Waals surface area contributed by atoms with Gasteiger partial charge in [0.2, 0.25) is 0 Å². The lowest BCUT2D eigenvalue weighted by atomic mass is 9.86.